The summed E-state index contributed by atoms with van der Waals surface area (Å²) in [5, 5.41) is 11.6. The van der Waals surface area contributed by atoms with Crippen molar-refractivity contribution in [3.63, 3.8) is 0 Å². The molecule has 2 heterocycles. The lowest BCUT2D eigenvalue weighted by Gasteiger charge is -2.37. The van der Waals surface area contributed by atoms with Gasteiger partial charge in [-0.25, -0.2) is 0 Å². The van der Waals surface area contributed by atoms with Gasteiger partial charge in [-0.1, -0.05) is 78.9 Å². The van der Waals surface area contributed by atoms with Gasteiger partial charge < -0.3 is 4.90 Å². The molecule has 0 bridgehead atoms. The first-order valence-electron chi connectivity index (χ1n) is 13.7. The third-order valence-corrected chi connectivity index (χ3v) is 8.92. The molecular formula is C34H21F3N2O5. The van der Waals surface area contributed by atoms with E-state index < -0.39 is 57.4 Å². The second kappa shape index (κ2) is 9.57. The van der Waals surface area contributed by atoms with Crippen LogP contribution in [0.4, 0.5) is 24.5 Å². The van der Waals surface area contributed by atoms with Crippen molar-refractivity contribution in [3.05, 3.63) is 147 Å². The standard InChI is InChI=1S/C34H21F3N2O5/c35-34(36,37)22-15-12-20(13-16-22)28-29(30(40)21-7-5-8-23(18-21)39(43)44)38-26-11-4-1-6-19(26)14-17-27(38)33(28)31(41)24-9-2-3-10-25(24)32(33)42/h1-18,27-29H/t27-,28+,29-/m1/s1. The van der Waals surface area contributed by atoms with Gasteiger partial charge in [-0.3, -0.25) is 24.5 Å². The molecule has 1 fully saturated rings. The molecule has 218 valence electrons. The topological polar surface area (TPSA) is 97.6 Å². The van der Waals surface area contributed by atoms with Gasteiger partial charge in [-0.15, -0.1) is 0 Å². The van der Waals surface area contributed by atoms with Crippen molar-refractivity contribution < 1.29 is 32.5 Å². The maximum atomic E-state index is 14.6. The Balaban J connectivity index is 1.53. The number of rotatable bonds is 4. The number of carbonyl (C=O) groups excluding carboxylic acids is 3. The molecule has 44 heavy (non-hydrogen) atoms. The number of ketones is 3. The Morgan fingerprint density at radius 3 is 2.11 bits per heavy atom. The molecule has 7 rings (SSSR count). The Labute approximate surface area is 248 Å². The van der Waals surface area contributed by atoms with Crippen LogP contribution in [-0.2, 0) is 6.18 Å². The average molecular weight is 595 g/mol. The van der Waals surface area contributed by atoms with Crippen molar-refractivity contribution in [2.45, 2.75) is 24.2 Å². The van der Waals surface area contributed by atoms with Crippen LogP contribution in [-0.4, -0.2) is 34.4 Å². The van der Waals surface area contributed by atoms with Gasteiger partial charge >= 0.3 is 6.18 Å². The van der Waals surface area contributed by atoms with E-state index in [4.69, 9.17) is 0 Å². The summed E-state index contributed by atoms with van der Waals surface area (Å²) in [5.74, 6) is -2.92. The van der Waals surface area contributed by atoms with Crippen LogP contribution in [0.5, 0.6) is 0 Å². The van der Waals surface area contributed by atoms with Gasteiger partial charge in [0.15, 0.2) is 17.3 Å². The predicted molar refractivity (Wildman–Crippen MR) is 155 cm³/mol. The normalized spacial score (nSPS) is 21.2. The first-order valence-corrected chi connectivity index (χ1v) is 13.7. The Bertz CT molecular complexity index is 1900. The summed E-state index contributed by atoms with van der Waals surface area (Å²) in [7, 11) is 0. The van der Waals surface area contributed by atoms with E-state index >= 15 is 0 Å². The fourth-order valence-corrected chi connectivity index (χ4v) is 7.11. The first kappa shape index (κ1) is 27.5. The van der Waals surface area contributed by atoms with E-state index in [1.165, 1.54) is 42.5 Å². The van der Waals surface area contributed by atoms with Crippen LogP contribution in [0.2, 0.25) is 0 Å². The van der Waals surface area contributed by atoms with Gasteiger partial charge in [0.25, 0.3) is 5.69 Å². The smallest absolute Gasteiger partial charge is 0.352 e. The molecule has 1 saturated heterocycles. The number of anilines is 1. The molecule has 10 heteroatoms. The third-order valence-electron chi connectivity index (χ3n) is 8.92. The van der Waals surface area contributed by atoms with Gasteiger partial charge in [0.2, 0.25) is 0 Å². The molecule has 1 aliphatic carbocycles. The van der Waals surface area contributed by atoms with Crippen LogP contribution >= 0.6 is 0 Å². The van der Waals surface area contributed by atoms with Crippen LogP contribution in [0.3, 0.4) is 0 Å². The minimum Gasteiger partial charge on any atom is -0.352 e. The molecule has 0 amide bonds. The summed E-state index contributed by atoms with van der Waals surface area (Å²) < 4.78 is 40.8. The second-order valence-electron chi connectivity index (χ2n) is 11.1. The number of alkyl halides is 3. The molecule has 4 aromatic rings. The number of nitro benzene ring substituents is 1. The Morgan fingerprint density at radius 1 is 0.841 bits per heavy atom. The van der Waals surface area contributed by atoms with Crippen LogP contribution < -0.4 is 4.90 Å². The summed E-state index contributed by atoms with van der Waals surface area (Å²) in [6, 6.07) is 20.5. The van der Waals surface area contributed by atoms with Gasteiger partial charge in [-0.05, 0) is 29.3 Å². The Morgan fingerprint density at radius 2 is 1.48 bits per heavy atom. The molecule has 4 aromatic carbocycles. The van der Waals surface area contributed by atoms with Crippen LogP contribution in [0, 0.1) is 15.5 Å². The van der Waals surface area contributed by atoms with Crippen LogP contribution in [0.1, 0.15) is 53.7 Å². The van der Waals surface area contributed by atoms with E-state index in [0.717, 1.165) is 18.2 Å². The summed E-state index contributed by atoms with van der Waals surface area (Å²) in [6.45, 7) is 0. The minimum absolute atomic E-state index is 0.0284. The van der Waals surface area contributed by atoms with E-state index in [0.29, 0.717) is 11.3 Å². The lowest BCUT2D eigenvalue weighted by atomic mass is 9.64. The molecule has 2 aliphatic heterocycles. The molecule has 3 aliphatic rings. The van der Waals surface area contributed by atoms with Crippen molar-refractivity contribution in [1.82, 2.24) is 0 Å². The largest absolute Gasteiger partial charge is 0.416 e. The maximum Gasteiger partial charge on any atom is 0.416 e. The number of Topliss-reactive ketones (excluding diaryl/α,β-unsaturated/α-hetero) is 3. The molecule has 0 saturated carbocycles. The number of carbonyl (C=O) groups is 3. The molecule has 0 aromatic heterocycles. The third kappa shape index (κ3) is 3.73. The van der Waals surface area contributed by atoms with E-state index in [2.05, 4.69) is 0 Å². The number of hydrogen-bond donors (Lipinski definition) is 0. The van der Waals surface area contributed by atoms with Gasteiger partial charge in [0.1, 0.15) is 11.5 Å². The number of nitro groups is 1. The van der Waals surface area contributed by atoms with Crippen molar-refractivity contribution >= 4 is 34.8 Å². The van der Waals surface area contributed by atoms with Crippen molar-refractivity contribution in [3.8, 4) is 0 Å². The van der Waals surface area contributed by atoms with E-state index in [9.17, 15) is 37.7 Å². The quantitative estimate of drug-likeness (QED) is 0.110. The monoisotopic (exact) mass is 594 g/mol. The molecule has 7 nitrogen and oxygen atoms in total. The van der Waals surface area contributed by atoms with Crippen molar-refractivity contribution in [2.24, 2.45) is 5.41 Å². The summed E-state index contributed by atoms with van der Waals surface area (Å²) in [4.78, 5) is 56.5. The molecular weight excluding hydrogens is 573 g/mol. The van der Waals surface area contributed by atoms with Crippen molar-refractivity contribution in [1.29, 1.82) is 0 Å². The van der Waals surface area contributed by atoms with E-state index in [1.54, 1.807) is 47.4 Å². The highest BCUT2D eigenvalue weighted by atomic mass is 19.4. The van der Waals surface area contributed by atoms with Crippen molar-refractivity contribution in [2.75, 3.05) is 4.90 Å². The number of non-ortho nitro benzene ring substituents is 1. The fourth-order valence-electron chi connectivity index (χ4n) is 7.11. The molecule has 0 radical (unpaired) electrons. The number of halogens is 3. The lowest BCUT2D eigenvalue weighted by Crippen LogP contribution is -2.48. The number of hydrogen-bond acceptors (Lipinski definition) is 6. The van der Waals surface area contributed by atoms with E-state index in [1.807, 2.05) is 6.07 Å². The van der Waals surface area contributed by atoms with Crippen LogP contribution in [0.25, 0.3) is 6.08 Å². The highest BCUT2D eigenvalue weighted by Crippen LogP contribution is 2.61. The predicted octanol–water partition coefficient (Wildman–Crippen LogP) is 6.93. The SMILES string of the molecule is O=C(c1cccc([N+](=O)[O-])c1)[C@H]1[C@H](c2ccc(C(F)(F)F)cc2)C2(C(=O)c3ccccc3C2=O)[C@H]2C=Cc3ccccc3N12. The highest BCUT2D eigenvalue weighted by molar-refractivity contribution is 6.32. The Hall–Kier alpha value is -5.38. The zero-order valence-electron chi connectivity index (χ0n) is 22.7. The number of benzene rings is 4. The van der Waals surface area contributed by atoms with Gasteiger partial charge in [-0.2, -0.15) is 13.2 Å². The number of fused-ring (bicyclic) bond motifs is 5. The summed E-state index contributed by atoms with van der Waals surface area (Å²) in [5.41, 5.74) is -1.40. The summed E-state index contributed by atoms with van der Waals surface area (Å²) in [6.07, 6.45) is -1.17. The highest BCUT2D eigenvalue weighted by Gasteiger charge is 2.71. The van der Waals surface area contributed by atoms with Gasteiger partial charge in [0.05, 0.1) is 16.5 Å². The zero-order chi connectivity index (χ0) is 31.0. The Kier molecular flexibility index (Phi) is 5.97. The second-order valence-corrected chi connectivity index (χ2v) is 11.1. The molecule has 1 spiro atoms. The zero-order valence-corrected chi connectivity index (χ0v) is 22.7. The first-order chi connectivity index (χ1) is 21.0. The van der Waals surface area contributed by atoms with E-state index in [-0.39, 0.29) is 27.9 Å². The van der Waals surface area contributed by atoms with Crippen LogP contribution in [0.15, 0.2) is 103 Å². The number of nitrogens with zero attached hydrogens (tertiary/aromatic N) is 2. The summed E-state index contributed by atoms with van der Waals surface area (Å²) >= 11 is 0. The lowest BCUT2D eigenvalue weighted by molar-refractivity contribution is -0.384. The molecule has 0 unspecified atom stereocenters. The fraction of sp³-hybridized carbons (Fsp3) is 0.147. The average Bonchev–Trinajstić information content (AvgIpc) is 3.46. The van der Waals surface area contributed by atoms with Gasteiger partial charge in [0, 0.05) is 40.4 Å². The minimum atomic E-state index is -4.64. The molecule has 3 atom stereocenters. The maximum absolute atomic E-state index is 14.6. The molecule has 0 N–H and O–H groups in total. The number of para-hydroxylation sites is 1.